The van der Waals surface area contributed by atoms with E-state index in [1.807, 2.05) is 0 Å². The summed E-state index contributed by atoms with van der Waals surface area (Å²) in [7, 11) is 0. The second-order valence-corrected chi connectivity index (χ2v) is 5.53. The second kappa shape index (κ2) is 7.49. The van der Waals surface area contributed by atoms with Gasteiger partial charge in [-0.15, -0.1) is 0 Å². The second-order valence-electron chi connectivity index (χ2n) is 5.53. The van der Waals surface area contributed by atoms with Gasteiger partial charge < -0.3 is 0 Å². The largest absolute Gasteiger partial charge is 0.0853 e. The first-order chi connectivity index (χ1) is 7.32. The van der Waals surface area contributed by atoms with Crippen molar-refractivity contribution in [2.24, 2.45) is 11.8 Å². The molecule has 0 amide bonds. The van der Waals surface area contributed by atoms with Gasteiger partial charge in [0.25, 0.3) is 0 Å². The van der Waals surface area contributed by atoms with E-state index >= 15 is 0 Å². The molecular formula is C16H28. The van der Waals surface area contributed by atoms with Crippen molar-refractivity contribution in [2.45, 2.75) is 54.9 Å². The Morgan fingerprint density at radius 1 is 0.812 bits per heavy atom. The van der Waals surface area contributed by atoms with Crippen molar-refractivity contribution in [2.75, 3.05) is 0 Å². The molecule has 0 saturated carbocycles. The minimum atomic E-state index is 0.621. The highest BCUT2D eigenvalue weighted by molar-refractivity contribution is 5.08. The van der Waals surface area contributed by atoms with Crippen LogP contribution in [0.5, 0.6) is 0 Å². The molecule has 0 nitrogen and oxygen atoms in total. The molecule has 0 rings (SSSR count). The zero-order valence-electron chi connectivity index (χ0n) is 12.1. The van der Waals surface area contributed by atoms with Gasteiger partial charge in [-0.1, -0.05) is 41.9 Å². The van der Waals surface area contributed by atoms with Crippen molar-refractivity contribution in [3.05, 3.63) is 34.9 Å². The monoisotopic (exact) mass is 220 g/mol. The van der Waals surface area contributed by atoms with Gasteiger partial charge in [0, 0.05) is 0 Å². The van der Waals surface area contributed by atoms with Crippen LogP contribution in [0.25, 0.3) is 0 Å². The topological polar surface area (TPSA) is 0 Å². The third-order valence-corrected chi connectivity index (χ3v) is 2.62. The molecule has 0 spiro atoms. The van der Waals surface area contributed by atoms with E-state index in [0.717, 1.165) is 6.42 Å². The molecule has 0 heterocycles. The first-order valence-corrected chi connectivity index (χ1v) is 6.26. The van der Waals surface area contributed by atoms with Crippen LogP contribution in [0.4, 0.5) is 0 Å². The molecule has 0 saturated heterocycles. The lowest BCUT2D eigenvalue weighted by molar-refractivity contribution is 0.511. The summed E-state index contributed by atoms with van der Waals surface area (Å²) in [5.74, 6) is 1.25. The average molecular weight is 220 g/mol. The van der Waals surface area contributed by atoms with Gasteiger partial charge in [-0.25, -0.2) is 0 Å². The quantitative estimate of drug-likeness (QED) is 0.535. The molecule has 0 heteroatoms. The van der Waals surface area contributed by atoms with Crippen molar-refractivity contribution in [1.82, 2.24) is 0 Å². The van der Waals surface area contributed by atoms with Gasteiger partial charge in [-0.2, -0.15) is 0 Å². The van der Waals surface area contributed by atoms with Crippen LogP contribution in [-0.4, -0.2) is 0 Å². The van der Waals surface area contributed by atoms with Gasteiger partial charge >= 0.3 is 0 Å². The van der Waals surface area contributed by atoms with E-state index in [4.69, 9.17) is 0 Å². The minimum Gasteiger partial charge on any atom is -0.0853 e. The van der Waals surface area contributed by atoms with E-state index in [-0.39, 0.29) is 0 Å². The third kappa shape index (κ3) is 7.50. The fraction of sp³-hybridized carbons (Fsp3) is 0.625. The van der Waals surface area contributed by atoms with Crippen LogP contribution in [-0.2, 0) is 0 Å². The van der Waals surface area contributed by atoms with E-state index in [9.17, 15) is 0 Å². The summed E-state index contributed by atoms with van der Waals surface area (Å²) in [6.07, 6.45) is 8.28. The molecule has 2 atom stereocenters. The van der Waals surface area contributed by atoms with Crippen LogP contribution in [0.1, 0.15) is 54.9 Å². The summed E-state index contributed by atoms with van der Waals surface area (Å²) < 4.78 is 0. The van der Waals surface area contributed by atoms with Gasteiger partial charge in [-0.05, 0) is 59.8 Å². The van der Waals surface area contributed by atoms with Crippen molar-refractivity contribution in [1.29, 1.82) is 0 Å². The Morgan fingerprint density at radius 3 is 1.69 bits per heavy atom. The molecule has 0 aliphatic heterocycles. The van der Waals surface area contributed by atoms with Gasteiger partial charge in [0.2, 0.25) is 0 Å². The summed E-state index contributed by atoms with van der Waals surface area (Å²) in [5.41, 5.74) is 4.24. The lowest BCUT2D eigenvalue weighted by Gasteiger charge is -2.18. The minimum absolute atomic E-state index is 0.621. The summed E-state index contributed by atoms with van der Waals surface area (Å²) in [6, 6.07) is 0. The van der Waals surface area contributed by atoms with E-state index in [2.05, 4.69) is 66.7 Å². The predicted molar refractivity (Wildman–Crippen MR) is 75.6 cm³/mol. The van der Waals surface area contributed by atoms with Crippen LogP contribution in [0.2, 0.25) is 0 Å². The molecule has 0 aromatic heterocycles. The summed E-state index contributed by atoms with van der Waals surface area (Å²) >= 11 is 0. The zero-order valence-corrected chi connectivity index (χ0v) is 12.1. The van der Waals surface area contributed by atoms with Crippen molar-refractivity contribution < 1.29 is 0 Å². The molecule has 0 radical (unpaired) electrons. The lowest BCUT2D eigenvalue weighted by atomic mass is 9.87. The number of hydrogen-bond acceptors (Lipinski definition) is 0. The number of rotatable bonds is 5. The maximum Gasteiger partial charge on any atom is -0.0136 e. The maximum atomic E-state index is 2.41. The number of allylic oxidation sites excluding steroid dienone is 6. The molecule has 0 bridgehead atoms. The standard InChI is InChI=1S/C16H28/c1-12(2)8-9-16(11-14(5)6)15(7)10-13(3)4/h8,10-11,15-16H,9H2,1-7H3. The molecule has 0 aromatic rings. The smallest absolute Gasteiger partial charge is 0.0136 e. The Hall–Kier alpha value is -0.780. The first kappa shape index (κ1) is 15.2. The molecule has 0 N–H and O–H groups in total. The Kier molecular flexibility index (Phi) is 7.12. The van der Waals surface area contributed by atoms with Crippen molar-refractivity contribution in [3.63, 3.8) is 0 Å². The van der Waals surface area contributed by atoms with Crippen molar-refractivity contribution in [3.8, 4) is 0 Å². The van der Waals surface area contributed by atoms with Crippen LogP contribution in [0.15, 0.2) is 34.9 Å². The van der Waals surface area contributed by atoms with E-state index < -0.39 is 0 Å². The molecule has 2 unspecified atom stereocenters. The first-order valence-electron chi connectivity index (χ1n) is 6.26. The maximum absolute atomic E-state index is 2.41. The molecule has 0 aromatic carbocycles. The van der Waals surface area contributed by atoms with Gasteiger partial charge in [0.1, 0.15) is 0 Å². The molecule has 0 aliphatic carbocycles. The Morgan fingerprint density at radius 2 is 1.31 bits per heavy atom. The number of hydrogen-bond donors (Lipinski definition) is 0. The van der Waals surface area contributed by atoms with E-state index in [0.29, 0.717) is 11.8 Å². The summed E-state index contributed by atoms with van der Waals surface area (Å²) in [5, 5.41) is 0. The highest BCUT2D eigenvalue weighted by Crippen LogP contribution is 2.22. The van der Waals surface area contributed by atoms with Gasteiger partial charge in [0.05, 0.1) is 0 Å². The highest BCUT2D eigenvalue weighted by Gasteiger charge is 2.11. The predicted octanol–water partition coefficient (Wildman–Crippen LogP) is 5.53. The van der Waals surface area contributed by atoms with E-state index in [1.54, 1.807) is 0 Å². The SMILES string of the molecule is CC(C)=CCC(C=C(C)C)C(C)C=C(C)C. The lowest BCUT2D eigenvalue weighted by Crippen LogP contribution is -2.07. The summed E-state index contributed by atoms with van der Waals surface area (Å²) in [6.45, 7) is 15.4. The van der Waals surface area contributed by atoms with Crippen LogP contribution in [0, 0.1) is 11.8 Å². The Balaban J connectivity index is 4.74. The molecule has 92 valence electrons. The third-order valence-electron chi connectivity index (χ3n) is 2.62. The average Bonchev–Trinajstić information content (AvgIpc) is 2.09. The molecule has 0 aliphatic rings. The van der Waals surface area contributed by atoms with E-state index in [1.165, 1.54) is 16.7 Å². The Labute approximate surface area is 102 Å². The summed E-state index contributed by atoms with van der Waals surface area (Å²) in [4.78, 5) is 0. The normalized spacial score (nSPS) is 13.7. The molecule has 0 fully saturated rings. The zero-order chi connectivity index (χ0) is 12.7. The van der Waals surface area contributed by atoms with Gasteiger partial charge in [-0.3, -0.25) is 0 Å². The van der Waals surface area contributed by atoms with Gasteiger partial charge in [0.15, 0.2) is 0 Å². The molecule has 16 heavy (non-hydrogen) atoms. The van der Waals surface area contributed by atoms with Crippen LogP contribution >= 0.6 is 0 Å². The Bertz CT molecular complexity index is 277. The fourth-order valence-electron chi connectivity index (χ4n) is 1.88. The van der Waals surface area contributed by atoms with Crippen LogP contribution in [0.3, 0.4) is 0 Å². The highest BCUT2D eigenvalue weighted by atomic mass is 14.2. The van der Waals surface area contributed by atoms with Crippen LogP contribution < -0.4 is 0 Å². The molecular weight excluding hydrogens is 192 g/mol. The van der Waals surface area contributed by atoms with Crippen molar-refractivity contribution >= 4 is 0 Å². The fourth-order valence-corrected chi connectivity index (χ4v) is 1.88.